The molecule has 0 amide bonds. The summed E-state index contributed by atoms with van der Waals surface area (Å²) >= 11 is 5.30. The minimum absolute atomic E-state index is 0.0133. The minimum Gasteiger partial charge on any atom is -0.405 e. The Kier molecular flexibility index (Phi) is 4.44. The molecule has 0 radical (unpaired) electrons. The number of ether oxygens (including phenoxy) is 1. The number of nitrogens with zero attached hydrogens (tertiary/aromatic N) is 1. The van der Waals surface area contributed by atoms with Gasteiger partial charge in [-0.25, -0.2) is 8.78 Å². The van der Waals surface area contributed by atoms with Gasteiger partial charge >= 0.3 is 6.36 Å². The summed E-state index contributed by atoms with van der Waals surface area (Å²) in [7, 11) is 0. The summed E-state index contributed by atoms with van der Waals surface area (Å²) in [5.41, 5.74) is -2.21. The molecule has 0 saturated heterocycles. The molecule has 0 aliphatic rings. The predicted molar refractivity (Wildman–Crippen MR) is 50.8 cm³/mol. The first-order valence-corrected chi connectivity index (χ1v) is 4.90. The predicted octanol–water partition coefficient (Wildman–Crippen LogP) is 3.47. The number of halogens is 6. The zero-order chi connectivity index (χ0) is 13.9. The van der Waals surface area contributed by atoms with Crippen molar-refractivity contribution in [3.63, 3.8) is 0 Å². The summed E-state index contributed by atoms with van der Waals surface area (Å²) in [6, 6.07) is 0. The van der Waals surface area contributed by atoms with Crippen LogP contribution in [0.3, 0.4) is 0 Å². The van der Waals surface area contributed by atoms with Gasteiger partial charge in [0.1, 0.15) is 11.4 Å². The van der Waals surface area contributed by atoms with Crippen LogP contribution >= 0.6 is 11.6 Å². The number of hydrogen-bond donors (Lipinski definition) is 0. The van der Waals surface area contributed by atoms with Crippen molar-refractivity contribution < 1.29 is 31.5 Å². The number of carbonyl (C=O) groups excluding carboxylic acids is 1. The molecular formula is C9H5ClF5NO2. The Morgan fingerprint density at radius 2 is 2.06 bits per heavy atom. The largest absolute Gasteiger partial charge is 0.573 e. The molecule has 0 spiro atoms. The molecule has 1 aromatic heterocycles. The van der Waals surface area contributed by atoms with Gasteiger partial charge in [0.2, 0.25) is 0 Å². The van der Waals surface area contributed by atoms with E-state index in [1.165, 1.54) is 0 Å². The van der Waals surface area contributed by atoms with Crippen molar-refractivity contribution in [2.24, 2.45) is 0 Å². The van der Waals surface area contributed by atoms with E-state index < -0.39 is 41.2 Å². The number of alkyl halides is 6. The Balaban J connectivity index is 3.41. The molecule has 0 aromatic carbocycles. The third-order valence-electron chi connectivity index (χ3n) is 1.87. The van der Waals surface area contributed by atoms with Crippen molar-refractivity contribution in [2.75, 3.05) is 0 Å². The number of pyridine rings is 1. The summed E-state index contributed by atoms with van der Waals surface area (Å²) in [5.74, 6) is -1.74. The smallest absolute Gasteiger partial charge is 0.405 e. The molecule has 100 valence electrons. The van der Waals surface area contributed by atoms with Crippen LogP contribution in [0.2, 0.25) is 0 Å². The van der Waals surface area contributed by atoms with E-state index in [0.29, 0.717) is 6.20 Å². The van der Waals surface area contributed by atoms with Crippen LogP contribution in [-0.2, 0) is 5.88 Å². The van der Waals surface area contributed by atoms with E-state index >= 15 is 0 Å². The first-order valence-electron chi connectivity index (χ1n) is 4.37. The molecule has 3 nitrogen and oxygen atoms in total. The van der Waals surface area contributed by atoms with Gasteiger partial charge in [0.25, 0.3) is 6.43 Å². The van der Waals surface area contributed by atoms with Crippen molar-refractivity contribution in [3.05, 3.63) is 23.0 Å². The van der Waals surface area contributed by atoms with Crippen LogP contribution in [0.4, 0.5) is 22.0 Å². The summed E-state index contributed by atoms with van der Waals surface area (Å²) < 4.78 is 64.9. The minimum atomic E-state index is -5.13. The van der Waals surface area contributed by atoms with E-state index in [2.05, 4.69) is 9.72 Å². The lowest BCUT2D eigenvalue weighted by Crippen LogP contribution is -2.20. The van der Waals surface area contributed by atoms with Gasteiger partial charge in [0.05, 0.1) is 11.4 Å². The third-order valence-corrected chi connectivity index (χ3v) is 2.14. The fraction of sp³-hybridized carbons (Fsp3) is 0.333. The molecule has 0 aliphatic heterocycles. The van der Waals surface area contributed by atoms with Crippen LogP contribution in [0, 0.1) is 0 Å². The van der Waals surface area contributed by atoms with Crippen molar-refractivity contribution in [1.29, 1.82) is 0 Å². The van der Waals surface area contributed by atoms with Gasteiger partial charge in [0, 0.05) is 11.8 Å². The molecule has 0 aliphatic carbocycles. The van der Waals surface area contributed by atoms with Gasteiger partial charge < -0.3 is 4.74 Å². The van der Waals surface area contributed by atoms with Gasteiger partial charge in [-0.15, -0.1) is 24.8 Å². The van der Waals surface area contributed by atoms with Gasteiger partial charge in [-0.1, -0.05) is 0 Å². The van der Waals surface area contributed by atoms with Crippen molar-refractivity contribution >= 4 is 17.9 Å². The van der Waals surface area contributed by atoms with Gasteiger partial charge in [-0.3, -0.25) is 9.78 Å². The maximum atomic E-state index is 12.5. The van der Waals surface area contributed by atoms with E-state index in [4.69, 9.17) is 11.6 Å². The topological polar surface area (TPSA) is 39.2 Å². The molecule has 18 heavy (non-hydrogen) atoms. The van der Waals surface area contributed by atoms with Crippen molar-refractivity contribution in [3.8, 4) is 5.75 Å². The van der Waals surface area contributed by atoms with E-state index in [1.807, 2.05) is 0 Å². The molecule has 0 bridgehead atoms. The summed E-state index contributed by atoms with van der Waals surface area (Å²) in [6.45, 7) is 0. The zero-order valence-electron chi connectivity index (χ0n) is 8.47. The Hall–Kier alpha value is -1.44. The monoisotopic (exact) mass is 289 g/mol. The summed E-state index contributed by atoms with van der Waals surface area (Å²) in [5, 5.41) is 0. The first kappa shape index (κ1) is 14.6. The highest BCUT2D eigenvalue weighted by molar-refractivity contribution is 6.17. The third kappa shape index (κ3) is 3.28. The van der Waals surface area contributed by atoms with Gasteiger partial charge in [-0.2, -0.15) is 0 Å². The molecule has 0 N–H and O–H groups in total. The number of aldehydes is 1. The van der Waals surface area contributed by atoms with Crippen LogP contribution in [-0.4, -0.2) is 17.6 Å². The average molecular weight is 290 g/mol. The van der Waals surface area contributed by atoms with E-state index in [1.54, 1.807) is 0 Å². The second-order valence-electron chi connectivity index (χ2n) is 3.01. The molecule has 0 atom stereocenters. The quantitative estimate of drug-likeness (QED) is 0.484. The summed E-state index contributed by atoms with van der Waals surface area (Å²) in [6.07, 6.45) is -7.67. The second-order valence-corrected chi connectivity index (χ2v) is 3.27. The molecule has 0 fully saturated rings. The highest BCUT2D eigenvalue weighted by atomic mass is 35.5. The first-order chi connectivity index (χ1) is 8.30. The highest BCUT2D eigenvalue weighted by Crippen LogP contribution is 2.35. The molecular weight excluding hydrogens is 285 g/mol. The lowest BCUT2D eigenvalue weighted by Gasteiger charge is -2.16. The standard InChI is InChI=1S/C9H5ClF5NO2/c10-1-5-6(8(11)12)16-2-4(3-17)7(5)18-9(13,14)15/h2-3,8H,1H2. The fourth-order valence-electron chi connectivity index (χ4n) is 1.20. The average Bonchev–Trinajstić information content (AvgIpc) is 2.26. The zero-order valence-corrected chi connectivity index (χ0v) is 9.23. The van der Waals surface area contributed by atoms with E-state index in [9.17, 15) is 26.7 Å². The fourth-order valence-corrected chi connectivity index (χ4v) is 1.46. The van der Waals surface area contributed by atoms with Crippen LogP contribution < -0.4 is 4.74 Å². The summed E-state index contributed by atoms with van der Waals surface area (Å²) in [4.78, 5) is 13.7. The molecule has 1 rings (SSSR count). The number of hydrogen-bond acceptors (Lipinski definition) is 3. The van der Waals surface area contributed by atoms with Crippen LogP contribution in [0.25, 0.3) is 0 Å². The lowest BCUT2D eigenvalue weighted by atomic mass is 10.1. The molecule has 0 unspecified atom stereocenters. The van der Waals surface area contributed by atoms with Crippen LogP contribution in [0.1, 0.15) is 28.0 Å². The number of carbonyl (C=O) groups is 1. The van der Waals surface area contributed by atoms with Gasteiger partial charge in [-0.05, 0) is 0 Å². The number of aromatic nitrogens is 1. The normalized spacial score (nSPS) is 11.7. The van der Waals surface area contributed by atoms with Crippen LogP contribution in [0.5, 0.6) is 5.75 Å². The molecule has 9 heteroatoms. The number of rotatable bonds is 4. The Morgan fingerprint density at radius 3 is 2.44 bits per heavy atom. The van der Waals surface area contributed by atoms with Crippen LogP contribution in [0.15, 0.2) is 6.20 Å². The Bertz CT molecular complexity index is 449. The Morgan fingerprint density at radius 1 is 1.44 bits per heavy atom. The SMILES string of the molecule is O=Cc1cnc(C(F)F)c(CCl)c1OC(F)(F)F. The lowest BCUT2D eigenvalue weighted by molar-refractivity contribution is -0.275. The van der Waals surface area contributed by atoms with Crippen molar-refractivity contribution in [1.82, 2.24) is 4.98 Å². The highest BCUT2D eigenvalue weighted by Gasteiger charge is 2.34. The Labute approximate surface area is 103 Å². The maximum absolute atomic E-state index is 12.5. The maximum Gasteiger partial charge on any atom is 0.573 e. The van der Waals surface area contributed by atoms with E-state index in [-0.39, 0.29) is 6.29 Å². The molecule has 1 aromatic rings. The second kappa shape index (κ2) is 5.47. The van der Waals surface area contributed by atoms with Crippen molar-refractivity contribution in [2.45, 2.75) is 18.7 Å². The van der Waals surface area contributed by atoms with Gasteiger partial charge in [0.15, 0.2) is 6.29 Å². The van der Waals surface area contributed by atoms with E-state index in [0.717, 1.165) is 0 Å². The molecule has 0 saturated carbocycles. The molecule has 1 heterocycles.